The number of hydrogen-bond acceptors (Lipinski definition) is 8. The van der Waals surface area contributed by atoms with Gasteiger partial charge < -0.3 is 14.5 Å². The molecule has 9 nitrogen and oxygen atoms in total. The van der Waals surface area contributed by atoms with Gasteiger partial charge in [0.2, 0.25) is 11.8 Å². The number of esters is 1. The second-order valence-electron chi connectivity index (χ2n) is 13.1. The van der Waals surface area contributed by atoms with E-state index in [1.54, 1.807) is 24.5 Å². The minimum atomic E-state index is -0.744. The molecule has 7 rings (SSSR count). The first-order valence-electron chi connectivity index (χ1n) is 16.8. The molecule has 9 heteroatoms. The second kappa shape index (κ2) is 12.8. The van der Waals surface area contributed by atoms with E-state index in [0.717, 1.165) is 35.7 Å². The lowest BCUT2D eigenvalue weighted by Crippen LogP contribution is -2.40. The summed E-state index contributed by atoms with van der Waals surface area (Å²) in [6.45, 7) is 1.89. The molecular weight excluding hydrogens is 580 g/mol. The van der Waals surface area contributed by atoms with Crippen molar-refractivity contribution < 1.29 is 23.5 Å². The molecule has 1 amide bonds. The lowest BCUT2D eigenvalue weighted by molar-refractivity contribution is -0.129. The summed E-state index contributed by atoms with van der Waals surface area (Å²) in [6, 6.07) is 13.5. The van der Waals surface area contributed by atoms with Crippen molar-refractivity contribution in [3.63, 3.8) is 0 Å². The van der Waals surface area contributed by atoms with E-state index in [1.807, 2.05) is 19.1 Å². The Bertz CT molecular complexity index is 1770. The monoisotopic (exact) mass is 620 g/mol. The number of hydrogen-bond donors (Lipinski definition) is 1. The first-order valence-corrected chi connectivity index (χ1v) is 16.8. The fourth-order valence-electron chi connectivity index (χ4n) is 6.95. The van der Waals surface area contributed by atoms with Crippen LogP contribution in [0, 0.1) is 5.92 Å². The van der Waals surface area contributed by atoms with Gasteiger partial charge in [0.05, 0.1) is 23.0 Å². The maximum absolute atomic E-state index is 13.7. The standard InChI is InChI=1S/C37H40N4O5/c1-2-27(42)7-4-3-5-9-31(41-34(43)24-16-18-37(19-17-24)33-28(36(44)46-37)8-6-20-38-33)35-39-22-32(45-35)26-13-15-30-25(21-26)12-14-29(40-30)23-10-11-23/h6,8,12-15,20-24,31H,2-5,7,9-11,16-19H2,1H3,(H,41,43)/t24?,31-,37?/m0/s1. The Morgan fingerprint density at radius 2 is 1.87 bits per heavy atom. The van der Waals surface area contributed by atoms with Gasteiger partial charge in [-0.3, -0.25) is 19.6 Å². The number of fused-ring (bicyclic) bond motifs is 3. The lowest BCUT2D eigenvalue weighted by Gasteiger charge is -2.35. The van der Waals surface area contributed by atoms with Gasteiger partial charge in [0, 0.05) is 47.5 Å². The number of ether oxygens (including phenoxy) is 1. The number of carbonyl (C=O) groups excluding carboxylic acids is 3. The summed E-state index contributed by atoms with van der Waals surface area (Å²) in [4.78, 5) is 51.9. The normalized spacial score (nSPS) is 21.2. The quantitative estimate of drug-likeness (QED) is 0.127. The number of ketones is 1. The van der Waals surface area contributed by atoms with E-state index in [1.165, 1.54) is 18.5 Å². The van der Waals surface area contributed by atoms with Crippen LogP contribution in [-0.4, -0.2) is 32.6 Å². The molecule has 2 saturated carbocycles. The molecule has 0 radical (unpaired) electrons. The highest BCUT2D eigenvalue weighted by Gasteiger charge is 2.49. The molecule has 3 aliphatic rings. The Morgan fingerprint density at radius 3 is 2.67 bits per heavy atom. The average Bonchev–Trinajstić information content (AvgIpc) is 3.76. The van der Waals surface area contributed by atoms with Crippen LogP contribution in [0.4, 0.5) is 0 Å². The van der Waals surface area contributed by atoms with Gasteiger partial charge in [-0.25, -0.2) is 9.78 Å². The molecule has 0 saturated heterocycles. The number of nitrogens with zero attached hydrogens (tertiary/aromatic N) is 3. The molecule has 4 heterocycles. The van der Waals surface area contributed by atoms with E-state index < -0.39 is 11.6 Å². The van der Waals surface area contributed by atoms with Crippen molar-refractivity contribution in [1.82, 2.24) is 20.3 Å². The van der Waals surface area contributed by atoms with Gasteiger partial charge in [-0.1, -0.05) is 25.8 Å². The Hall–Kier alpha value is -4.40. The number of rotatable bonds is 12. The number of Topliss-reactive ketones (excluding diaryl/α,β-unsaturated/α-hetero) is 1. The van der Waals surface area contributed by atoms with Crippen LogP contribution in [0.2, 0.25) is 0 Å². The fraction of sp³-hybridized carbons (Fsp3) is 0.459. The van der Waals surface area contributed by atoms with Crippen molar-refractivity contribution in [3.05, 3.63) is 77.7 Å². The van der Waals surface area contributed by atoms with E-state index in [0.29, 0.717) is 73.8 Å². The topological polar surface area (TPSA) is 124 Å². The number of pyridine rings is 2. The van der Waals surface area contributed by atoms with E-state index in [-0.39, 0.29) is 23.6 Å². The van der Waals surface area contributed by atoms with Crippen LogP contribution < -0.4 is 5.32 Å². The SMILES string of the molecule is CCC(=O)CCCCC[C@H](NC(=O)C1CCC2(CC1)OC(=O)c1cccnc12)c1ncc(-c2ccc3nc(C4CC4)ccc3c2)o1. The van der Waals surface area contributed by atoms with Crippen molar-refractivity contribution in [3.8, 4) is 11.3 Å². The van der Waals surface area contributed by atoms with Crippen LogP contribution in [0.5, 0.6) is 0 Å². The number of benzene rings is 1. The molecule has 46 heavy (non-hydrogen) atoms. The van der Waals surface area contributed by atoms with Crippen molar-refractivity contribution in [1.29, 1.82) is 0 Å². The highest BCUT2D eigenvalue weighted by molar-refractivity contribution is 5.94. The maximum Gasteiger partial charge on any atom is 0.341 e. The van der Waals surface area contributed by atoms with Crippen molar-refractivity contribution in [2.45, 2.75) is 102 Å². The number of oxazole rings is 1. The van der Waals surface area contributed by atoms with Crippen molar-refractivity contribution in [2.24, 2.45) is 5.92 Å². The van der Waals surface area contributed by atoms with Gasteiger partial charge >= 0.3 is 5.97 Å². The lowest BCUT2D eigenvalue weighted by atomic mass is 9.76. The zero-order chi connectivity index (χ0) is 31.7. The Morgan fingerprint density at radius 1 is 1.02 bits per heavy atom. The van der Waals surface area contributed by atoms with E-state index in [9.17, 15) is 14.4 Å². The Labute approximate surface area is 268 Å². The summed E-state index contributed by atoms with van der Waals surface area (Å²) in [6.07, 6.45) is 12.5. The molecule has 1 spiro atoms. The summed E-state index contributed by atoms with van der Waals surface area (Å²) in [5.41, 5.74) is 3.52. The summed E-state index contributed by atoms with van der Waals surface area (Å²) in [5.74, 6) is 1.40. The van der Waals surface area contributed by atoms with Gasteiger partial charge in [-0.05, 0) is 87.8 Å². The highest BCUT2D eigenvalue weighted by atomic mass is 16.6. The van der Waals surface area contributed by atoms with Crippen molar-refractivity contribution in [2.75, 3.05) is 0 Å². The molecule has 1 aromatic carbocycles. The van der Waals surface area contributed by atoms with E-state index in [4.69, 9.17) is 14.1 Å². The van der Waals surface area contributed by atoms with Crippen LogP contribution in [0.1, 0.15) is 124 Å². The van der Waals surface area contributed by atoms with Crippen LogP contribution in [0.25, 0.3) is 22.2 Å². The van der Waals surface area contributed by atoms with Crippen LogP contribution in [0.3, 0.4) is 0 Å². The van der Waals surface area contributed by atoms with Gasteiger partial charge in [-0.2, -0.15) is 0 Å². The predicted octanol–water partition coefficient (Wildman–Crippen LogP) is 7.51. The zero-order valence-electron chi connectivity index (χ0n) is 26.3. The van der Waals surface area contributed by atoms with Gasteiger partial charge in [0.1, 0.15) is 11.8 Å². The largest absolute Gasteiger partial charge is 0.449 e. The number of aromatic nitrogens is 3. The summed E-state index contributed by atoms with van der Waals surface area (Å²) >= 11 is 0. The van der Waals surface area contributed by atoms with Gasteiger partial charge in [0.15, 0.2) is 11.4 Å². The molecule has 1 aliphatic heterocycles. The second-order valence-corrected chi connectivity index (χ2v) is 13.1. The Kier molecular flexibility index (Phi) is 8.40. The molecule has 2 fully saturated rings. The minimum absolute atomic E-state index is 0.0467. The van der Waals surface area contributed by atoms with Gasteiger partial charge in [0.25, 0.3) is 0 Å². The molecule has 4 aromatic rings. The third kappa shape index (κ3) is 6.19. The minimum Gasteiger partial charge on any atom is -0.449 e. The third-order valence-corrected chi connectivity index (χ3v) is 9.88. The molecular formula is C37H40N4O5. The van der Waals surface area contributed by atoms with E-state index >= 15 is 0 Å². The first kappa shape index (κ1) is 30.3. The maximum atomic E-state index is 13.7. The van der Waals surface area contributed by atoms with Gasteiger partial charge in [-0.15, -0.1) is 0 Å². The molecule has 3 aromatic heterocycles. The number of nitrogens with one attached hydrogen (secondary N) is 1. The highest BCUT2D eigenvalue weighted by Crippen LogP contribution is 2.47. The summed E-state index contributed by atoms with van der Waals surface area (Å²) < 4.78 is 12.2. The fourth-order valence-corrected chi connectivity index (χ4v) is 6.95. The predicted molar refractivity (Wildman–Crippen MR) is 172 cm³/mol. The van der Waals surface area contributed by atoms with Crippen LogP contribution in [-0.2, 0) is 19.9 Å². The van der Waals surface area contributed by atoms with Crippen LogP contribution >= 0.6 is 0 Å². The van der Waals surface area contributed by atoms with Crippen LogP contribution in [0.15, 0.2) is 59.3 Å². The molecule has 0 unspecified atom stereocenters. The molecule has 1 atom stereocenters. The van der Waals surface area contributed by atoms with Crippen molar-refractivity contribution >= 4 is 28.6 Å². The summed E-state index contributed by atoms with van der Waals surface area (Å²) in [5, 5.41) is 4.29. The molecule has 238 valence electrons. The van der Waals surface area contributed by atoms with E-state index in [2.05, 4.69) is 33.5 Å². The Balaban J connectivity index is 1.04. The number of amides is 1. The molecule has 0 bridgehead atoms. The third-order valence-electron chi connectivity index (χ3n) is 9.88. The summed E-state index contributed by atoms with van der Waals surface area (Å²) in [7, 11) is 0. The first-order chi connectivity index (χ1) is 22.4. The smallest absolute Gasteiger partial charge is 0.341 e. The molecule has 2 aliphatic carbocycles. The number of unbranched alkanes of at least 4 members (excludes halogenated alkanes) is 2. The average molecular weight is 621 g/mol. The molecule has 1 N–H and O–H groups in total. The zero-order valence-corrected chi connectivity index (χ0v) is 26.3. The number of carbonyl (C=O) groups is 3.